The molecule has 0 aromatic heterocycles. The van der Waals surface area contributed by atoms with Crippen LogP contribution in [-0.2, 0) is 9.53 Å². The molecule has 17 heavy (non-hydrogen) atoms. The van der Waals surface area contributed by atoms with Crippen LogP contribution in [0, 0.1) is 5.92 Å². The summed E-state index contributed by atoms with van der Waals surface area (Å²) in [5.41, 5.74) is -0.0802. The van der Waals surface area contributed by atoms with Gasteiger partial charge < -0.3 is 4.74 Å². The second kappa shape index (κ2) is 5.88. The Morgan fingerprint density at radius 2 is 1.47 bits per heavy atom. The molecule has 0 aromatic rings. The average molecular weight is 238 g/mol. The van der Waals surface area contributed by atoms with Crippen molar-refractivity contribution in [1.82, 2.24) is 0 Å². The highest BCUT2D eigenvalue weighted by atomic mass is 16.6. The van der Waals surface area contributed by atoms with Gasteiger partial charge in [0.15, 0.2) is 0 Å². The molecule has 2 saturated carbocycles. The third-order valence-corrected chi connectivity index (χ3v) is 4.65. The fourth-order valence-corrected chi connectivity index (χ4v) is 3.84. The number of hydrogen-bond acceptors (Lipinski definition) is 2. The summed E-state index contributed by atoms with van der Waals surface area (Å²) >= 11 is 0. The third-order valence-electron chi connectivity index (χ3n) is 4.65. The van der Waals surface area contributed by atoms with Gasteiger partial charge in [-0.05, 0) is 44.4 Å². The van der Waals surface area contributed by atoms with Gasteiger partial charge in [-0.3, -0.25) is 4.79 Å². The van der Waals surface area contributed by atoms with Crippen molar-refractivity contribution in [3.8, 4) is 0 Å². The van der Waals surface area contributed by atoms with E-state index in [2.05, 4.69) is 0 Å². The van der Waals surface area contributed by atoms with Crippen LogP contribution >= 0.6 is 0 Å². The summed E-state index contributed by atoms with van der Waals surface area (Å²) in [5.74, 6) is 0.558. The zero-order valence-electron chi connectivity index (χ0n) is 11.2. The predicted molar refractivity (Wildman–Crippen MR) is 68.8 cm³/mol. The van der Waals surface area contributed by atoms with Crippen LogP contribution in [0.25, 0.3) is 0 Å². The van der Waals surface area contributed by atoms with Gasteiger partial charge in [-0.15, -0.1) is 0 Å². The third kappa shape index (κ3) is 3.23. The lowest BCUT2D eigenvalue weighted by Gasteiger charge is -2.38. The Morgan fingerprint density at radius 1 is 0.941 bits per heavy atom. The average Bonchev–Trinajstić information content (AvgIpc) is 2.65. The molecule has 0 atom stereocenters. The van der Waals surface area contributed by atoms with Crippen molar-refractivity contribution in [1.29, 1.82) is 0 Å². The smallest absolute Gasteiger partial charge is 0.303 e. The second-order valence-electron chi connectivity index (χ2n) is 5.91. The van der Waals surface area contributed by atoms with Gasteiger partial charge in [0.25, 0.3) is 0 Å². The van der Waals surface area contributed by atoms with E-state index in [1.165, 1.54) is 57.8 Å². The van der Waals surface area contributed by atoms with Crippen molar-refractivity contribution in [2.75, 3.05) is 0 Å². The molecule has 2 rings (SSSR count). The van der Waals surface area contributed by atoms with E-state index in [1.807, 2.05) is 0 Å². The molecule has 0 saturated heterocycles. The molecular weight excluding hydrogens is 212 g/mol. The second-order valence-corrected chi connectivity index (χ2v) is 5.91. The molecule has 0 N–H and O–H groups in total. The molecule has 2 nitrogen and oxygen atoms in total. The fourth-order valence-electron chi connectivity index (χ4n) is 3.84. The fraction of sp³-hybridized carbons (Fsp3) is 0.933. The Morgan fingerprint density at radius 3 is 2.00 bits per heavy atom. The Bertz CT molecular complexity index is 246. The van der Waals surface area contributed by atoms with Gasteiger partial charge in [0.05, 0.1) is 0 Å². The Balaban J connectivity index is 2.04. The van der Waals surface area contributed by atoms with E-state index in [4.69, 9.17) is 4.74 Å². The first-order valence-corrected chi connectivity index (χ1v) is 7.42. The van der Waals surface area contributed by atoms with Gasteiger partial charge in [-0.2, -0.15) is 0 Å². The molecule has 2 fully saturated rings. The Hall–Kier alpha value is -0.530. The van der Waals surface area contributed by atoms with Crippen LogP contribution in [0.1, 0.15) is 77.6 Å². The lowest BCUT2D eigenvalue weighted by molar-refractivity contribution is -0.164. The van der Waals surface area contributed by atoms with Crippen LogP contribution in [0.2, 0.25) is 0 Å². The summed E-state index contributed by atoms with van der Waals surface area (Å²) < 4.78 is 5.80. The monoisotopic (exact) mass is 238 g/mol. The van der Waals surface area contributed by atoms with Crippen LogP contribution < -0.4 is 0 Å². The van der Waals surface area contributed by atoms with Crippen LogP contribution in [0.15, 0.2) is 0 Å². The quantitative estimate of drug-likeness (QED) is 0.673. The maximum absolute atomic E-state index is 11.4. The first kappa shape index (κ1) is 12.9. The standard InChI is InChI=1S/C15H26O2/c1-13(16)17-15(11-7-8-12-15)14-9-5-3-2-4-6-10-14/h14H,2-12H2,1H3. The lowest BCUT2D eigenvalue weighted by atomic mass is 9.77. The summed E-state index contributed by atoms with van der Waals surface area (Å²) in [6.45, 7) is 1.57. The first-order chi connectivity index (χ1) is 8.23. The van der Waals surface area contributed by atoms with Crippen molar-refractivity contribution in [3.05, 3.63) is 0 Å². The van der Waals surface area contributed by atoms with Crippen molar-refractivity contribution in [2.24, 2.45) is 5.92 Å². The topological polar surface area (TPSA) is 26.3 Å². The normalized spacial score (nSPS) is 26.2. The Kier molecular flexibility index (Phi) is 4.47. The summed E-state index contributed by atoms with van der Waals surface area (Å²) in [6, 6.07) is 0. The minimum absolute atomic E-state index is 0.0750. The van der Waals surface area contributed by atoms with Gasteiger partial charge in [0, 0.05) is 6.92 Å². The number of hydrogen-bond donors (Lipinski definition) is 0. The zero-order chi connectivity index (χ0) is 12.1. The van der Waals surface area contributed by atoms with Gasteiger partial charge >= 0.3 is 5.97 Å². The number of rotatable bonds is 2. The summed E-state index contributed by atoms with van der Waals surface area (Å²) in [5, 5.41) is 0. The van der Waals surface area contributed by atoms with Crippen LogP contribution in [0.3, 0.4) is 0 Å². The van der Waals surface area contributed by atoms with Gasteiger partial charge in [0.2, 0.25) is 0 Å². The maximum Gasteiger partial charge on any atom is 0.303 e. The molecule has 2 aliphatic rings. The number of carbonyl (C=O) groups excluding carboxylic acids is 1. The lowest BCUT2D eigenvalue weighted by Crippen LogP contribution is -2.40. The van der Waals surface area contributed by atoms with Gasteiger partial charge in [-0.25, -0.2) is 0 Å². The van der Waals surface area contributed by atoms with Crippen LogP contribution in [0.4, 0.5) is 0 Å². The highest BCUT2D eigenvalue weighted by molar-refractivity contribution is 5.66. The minimum Gasteiger partial charge on any atom is -0.459 e. The molecule has 2 aliphatic carbocycles. The van der Waals surface area contributed by atoms with E-state index in [9.17, 15) is 4.79 Å². The summed E-state index contributed by atoms with van der Waals surface area (Å²) in [4.78, 5) is 11.4. The summed E-state index contributed by atoms with van der Waals surface area (Å²) in [6.07, 6.45) is 14.0. The van der Waals surface area contributed by atoms with E-state index < -0.39 is 0 Å². The molecule has 98 valence electrons. The van der Waals surface area contributed by atoms with E-state index in [0.29, 0.717) is 5.92 Å². The zero-order valence-corrected chi connectivity index (χ0v) is 11.2. The predicted octanol–water partition coefficient (Wildman–Crippen LogP) is 4.22. The van der Waals surface area contributed by atoms with Crippen molar-refractivity contribution in [3.63, 3.8) is 0 Å². The van der Waals surface area contributed by atoms with Gasteiger partial charge in [-0.1, -0.05) is 32.1 Å². The van der Waals surface area contributed by atoms with E-state index in [-0.39, 0.29) is 11.6 Å². The molecule has 0 aliphatic heterocycles. The number of carbonyl (C=O) groups is 1. The number of esters is 1. The Labute approximate surface area is 105 Å². The molecular formula is C15H26O2. The van der Waals surface area contributed by atoms with Crippen LogP contribution in [-0.4, -0.2) is 11.6 Å². The molecule has 0 unspecified atom stereocenters. The highest BCUT2D eigenvalue weighted by Gasteiger charge is 2.43. The minimum atomic E-state index is -0.0802. The van der Waals surface area contributed by atoms with Gasteiger partial charge in [0.1, 0.15) is 5.60 Å². The molecule has 0 amide bonds. The molecule has 0 aromatic carbocycles. The van der Waals surface area contributed by atoms with Crippen molar-refractivity contribution in [2.45, 2.75) is 83.2 Å². The first-order valence-electron chi connectivity index (χ1n) is 7.42. The molecule has 0 heterocycles. The SMILES string of the molecule is CC(=O)OC1(C2CCCCCCC2)CCCC1. The summed E-state index contributed by atoms with van der Waals surface area (Å²) in [7, 11) is 0. The van der Waals surface area contributed by atoms with Crippen molar-refractivity contribution >= 4 is 5.97 Å². The van der Waals surface area contributed by atoms with Crippen molar-refractivity contribution < 1.29 is 9.53 Å². The van der Waals surface area contributed by atoms with E-state index in [1.54, 1.807) is 6.92 Å². The molecule has 0 bridgehead atoms. The highest BCUT2D eigenvalue weighted by Crippen LogP contribution is 2.44. The van der Waals surface area contributed by atoms with E-state index >= 15 is 0 Å². The molecule has 0 spiro atoms. The van der Waals surface area contributed by atoms with E-state index in [0.717, 1.165) is 12.8 Å². The molecule has 0 radical (unpaired) electrons. The molecule has 2 heteroatoms. The van der Waals surface area contributed by atoms with Crippen LogP contribution in [0.5, 0.6) is 0 Å². The largest absolute Gasteiger partial charge is 0.459 e. The number of ether oxygens (including phenoxy) is 1. The maximum atomic E-state index is 11.4.